The molecule has 2 aromatic carbocycles. The lowest BCUT2D eigenvalue weighted by Crippen LogP contribution is -2.59. The predicted octanol–water partition coefficient (Wildman–Crippen LogP) is 5.23. The van der Waals surface area contributed by atoms with Gasteiger partial charge in [-0.3, -0.25) is 4.79 Å². The lowest BCUT2D eigenvalue weighted by Gasteiger charge is -2.40. The Morgan fingerprint density at radius 3 is 2.45 bits per heavy atom. The van der Waals surface area contributed by atoms with Crippen molar-refractivity contribution in [2.45, 2.75) is 68.3 Å². The molecule has 3 aliphatic rings. The van der Waals surface area contributed by atoms with E-state index in [2.05, 4.69) is 16.0 Å². The number of methoxy groups -OCH3 is 1. The van der Waals surface area contributed by atoms with Gasteiger partial charge in [0.15, 0.2) is 0 Å². The van der Waals surface area contributed by atoms with Crippen molar-refractivity contribution in [3.8, 4) is 0 Å². The molecule has 2 aromatic rings. The highest BCUT2D eigenvalue weighted by Crippen LogP contribution is 2.39. The van der Waals surface area contributed by atoms with Crippen molar-refractivity contribution >= 4 is 27.7 Å². The molecular weight excluding hydrogens is 640 g/mol. The number of nitrogens with one attached hydrogen (secondary N) is 3. The fourth-order valence-electron chi connectivity index (χ4n) is 6.53. The second-order valence-corrected chi connectivity index (χ2v) is 14.3. The molecule has 1 heterocycles. The standard InChI is InChI=1S/C33H38F4N4O5S/c1-19-17-38-18-25(41(19)47(44,45)26-11-12-26)10-13-27-28(37)4-3-5-29(27)39-32(42)31(40-33(43)46-2)30(20-6-8-22(34)9-7-20)21-14-23(35)16-24(36)15-21/h3-9,14,16,19,21,25-26,30-31,38H,10-13,15,17-18H2,1-2H3,(H,39,42)(H,40,43). The molecule has 0 aromatic heterocycles. The highest BCUT2D eigenvalue weighted by atomic mass is 32.2. The SMILES string of the molecule is COC(=O)NC(C(=O)Nc1cccc(F)c1CCC1CNCC(C)N1S(=O)(=O)C1CC1)C(c1ccc(F)cc1)C1C=C(F)C=C(F)C1. The number of carbonyl (C=O) groups is 2. The lowest BCUT2D eigenvalue weighted by molar-refractivity contribution is -0.118. The topological polar surface area (TPSA) is 117 Å². The zero-order valence-corrected chi connectivity index (χ0v) is 26.8. The van der Waals surface area contributed by atoms with Crippen LogP contribution in [0.5, 0.6) is 0 Å². The Bertz CT molecular complexity index is 1650. The molecular formula is C33H38F4N4O5S. The normalized spacial score (nSPS) is 23.2. The van der Waals surface area contributed by atoms with Crippen LogP contribution in [0.15, 0.2) is 66.3 Å². The molecule has 5 unspecified atom stereocenters. The van der Waals surface area contributed by atoms with Gasteiger partial charge in [-0.1, -0.05) is 18.2 Å². The fraction of sp³-hybridized carbons (Fsp3) is 0.455. The van der Waals surface area contributed by atoms with Gasteiger partial charge in [0.05, 0.1) is 12.4 Å². The third-order valence-corrected chi connectivity index (χ3v) is 11.4. The van der Waals surface area contributed by atoms with E-state index in [0.29, 0.717) is 31.5 Å². The second kappa shape index (κ2) is 14.6. The van der Waals surface area contributed by atoms with Crippen molar-refractivity contribution in [1.82, 2.24) is 14.9 Å². The molecule has 5 atom stereocenters. The van der Waals surface area contributed by atoms with Crippen LogP contribution in [0.3, 0.4) is 0 Å². The highest BCUT2D eigenvalue weighted by Gasteiger charge is 2.46. The average Bonchev–Trinajstić information content (AvgIpc) is 3.87. The number of anilines is 1. The molecule has 1 aliphatic heterocycles. The maximum absolute atomic E-state index is 15.4. The van der Waals surface area contributed by atoms with E-state index < -0.39 is 74.5 Å². The first-order valence-electron chi connectivity index (χ1n) is 15.5. The van der Waals surface area contributed by atoms with Gasteiger partial charge in [0.2, 0.25) is 15.9 Å². The zero-order valence-electron chi connectivity index (χ0n) is 26.0. The number of sulfonamides is 1. The molecule has 2 fully saturated rings. The van der Waals surface area contributed by atoms with Gasteiger partial charge < -0.3 is 20.7 Å². The summed E-state index contributed by atoms with van der Waals surface area (Å²) in [6, 6.07) is 6.82. The second-order valence-electron chi connectivity index (χ2n) is 12.2. The van der Waals surface area contributed by atoms with Crippen molar-refractivity contribution < 1.29 is 40.3 Å². The zero-order chi connectivity index (χ0) is 33.9. The molecule has 2 aliphatic carbocycles. The summed E-state index contributed by atoms with van der Waals surface area (Å²) in [6.45, 7) is 2.70. The molecule has 9 nitrogen and oxygen atoms in total. The van der Waals surface area contributed by atoms with Crippen LogP contribution in [0.4, 0.5) is 28.0 Å². The van der Waals surface area contributed by atoms with Gasteiger partial charge >= 0.3 is 6.09 Å². The van der Waals surface area contributed by atoms with Crippen LogP contribution in [-0.2, 0) is 26.0 Å². The highest BCUT2D eigenvalue weighted by molar-refractivity contribution is 7.90. The Hall–Kier alpha value is -3.75. The summed E-state index contributed by atoms with van der Waals surface area (Å²) in [5.74, 6) is -5.80. The number of alkyl carbamates (subject to hydrolysis) is 1. The van der Waals surface area contributed by atoms with E-state index in [0.717, 1.165) is 31.4 Å². The Kier molecular flexibility index (Phi) is 10.7. The van der Waals surface area contributed by atoms with Crippen LogP contribution in [0.25, 0.3) is 0 Å². The molecule has 0 radical (unpaired) electrons. The molecule has 254 valence electrons. The quantitative estimate of drug-likeness (QED) is 0.281. The first-order valence-corrected chi connectivity index (χ1v) is 17.0. The van der Waals surface area contributed by atoms with Crippen molar-refractivity contribution in [1.29, 1.82) is 0 Å². The van der Waals surface area contributed by atoms with Gasteiger partial charge in [0.25, 0.3) is 0 Å². The number of hydrogen-bond donors (Lipinski definition) is 3. The summed E-state index contributed by atoms with van der Waals surface area (Å²) in [6.07, 6.45) is 2.09. The van der Waals surface area contributed by atoms with Crippen LogP contribution in [0, 0.1) is 17.6 Å². The maximum atomic E-state index is 15.4. The minimum atomic E-state index is -3.52. The van der Waals surface area contributed by atoms with E-state index in [1.807, 2.05) is 6.92 Å². The molecule has 0 bridgehead atoms. The summed E-state index contributed by atoms with van der Waals surface area (Å²) in [7, 11) is -2.44. The Morgan fingerprint density at radius 2 is 1.79 bits per heavy atom. The Labute approximate surface area is 271 Å². The molecule has 14 heteroatoms. The first kappa shape index (κ1) is 34.6. The van der Waals surface area contributed by atoms with E-state index >= 15 is 4.39 Å². The van der Waals surface area contributed by atoms with Gasteiger partial charge in [-0.25, -0.2) is 30.8 Å². The van der Waals surface area contributed by atoms with E-state index in [1.54, 1.807) is 0 Å². The van der Waals surface area contributed by atoms with E-state index in [9.17, 15) is 31.2 Å². The molecule has 0 spiro atoms. The van der Waals surface area contributed by atoms with Crippen LogP contribution in [0.2, 0.25) is 0 Å². The van der Waals surface area contributed by atoms with Crippen LogP contribution in [-0.4, -0.2) is 68.3 Å². The monoisotopic (exact) mass is 678 g/mol. The smallest absolute Gasteiger partial charge is 0.407 e. The van der Waals surface area contributed by atoms with Gasteiger partial charge in [0, 0.05) is 54.8 Å². The van der Waals surface area contributed by atoms with Crippen molar-refractivity contribution in [2.75, 3.05) is 25.5 Å². The number of nitrogens with zero attached hydrogens (tertiary/aromatic N) is 1. The van der Waals surface area contributed by atoms with Crippen molar-refractivity contribution in [3.05, 3.63) is 89.0 Å². The number of benzene rings is 2. The maximum Gasteiger partial charge on any atom is 0.407 e. The summed E-state index contributed by atoms with van der Waals surface area (Å²) in [4.78, 5) is 26.5. The predicted molar refractivity (Wildman–Crippen MR) is 168 cm³/mol. The summed E-state index contributed by atoms with van der Waals surface area (Å²) < 4.78 is 91.0. The van der Waals surface area contributed by atoms with Crippen LogP contribution in [0.1, 0.15) is 49.7 Å². The summed E-state index contributed by atoms with van der Waals surface area (Å²) in [5, 5.41) is 7.97. The number of rotatable bonds is 11. The van der Waals surface area contributed by atoms with Gasteiger partial charge in [-0.15, -0.1) is 0 Å². The van der Waals surface area contributed by atoms with Gasteiger partial charge in [-0.2, -0.15) is 4.31 Å². The van der Waals surface area contributed by atoms with E-state index in [1.165, 1.54) is 34.6 Å². The third-order valence-electron chi connectivity index (χ3n) is 8.87. The number of allylic oxidation sites excluding steroid dienone is 4. The summed E-state index contributed by atoms with van der Waals surface area (Å²) in [5.41, 5.74) is 0.506. The van der Waals surface area contributed by atoms with E-state index in [-0.39, 0.29) is 36.6 Å². The number of halogens is 4. The number of hydrogen-bond acceptors (Lipinski definition) is 6. The first-order chi connectivity index (χ1) is 22.4. The summed E-state index contributed by atoms with van der Waals surface area (Å²) >= 11 is 0. The minimum absolute atomic E-state index is 0.0705. The minimum Gasteiger partial charge on any atom is -0.453 e. The number of carbonyl (C=O) groups excluding carboxylic acids is 2. The number of amides is 2. The van der Waals surface area contributed by atoms with E-state index in [4.69, 9.17) is 4.74 Å². The van der Waals surface area contributed by atoms with Crippen molar-refractivity contribution in [3.63, 3.8) is 0 Å². The fourth-order valence-corrected chi connectivity index (χ4v) is 8.78. The molecule has 2 amide bonds. The third kappa shape index (κ3) is 8.04. The largest absolute Gasteiger partial charge is 0.453 e. The molecule has 1 saturated heterocycles. The molecule has 47 heavy (non-hydrogen) atoms. The van der Waals surface area contributed by atoms with Crippen molar-refractivity contribution in [2.24, 2.45) is 5.92 Å². The average molecular weight is 679 g/mol. The van der Waals surface area contributed by atoms with Gasteiger partial charge in [-0.05, 0) is 74.4 Å². The lowest BCUT2D eigenvalue weighted by atomic mass is 9.76. The van der Waals surface area contributed by atoms with Crippen LogP contribution < -0.4 is 16.0 Å². The molecule has 1 saturated carbocycles. The molecule has 3 N–H and O–H groups in total. The number of ether oxygens (including phenoxy) is 1. The number of piperazine rings is 1. The van der Waals surface area contributed by atoms with Gasteiger partial charge in [0.1, 0.15) is 29.3 Å². The van der Waals surface area contributed by atoms with Crippen LogP contribution >= 0.6 is 0 Å². The molecule has 5 rings (SSSR count). The Morgan fingerprint density at radius 1 is 1.06 bits per heavy atom. The Balaban J connectivity index is 1.44.